The van der Waals surface area contributed by atoms with Crippen LogP contribution in [-0.2, 0) is 67.0 Å². The highest BCUT2D eigenvalue weighted by Crippen LogP contribution is 2.32. The maximum absolute atomic E-state index is 15.4. The van der Waals surface area contributed by atoms with Gasteiger partial charge in [-0.2, -0.15) is 0 Å². The predicted octanol–water partition coefficient (Wildman–Crippen LogP) is 7.95. The maximum Gasteiger partial charge on any atom is 0.408 e. The molecule has 1 aliphatic heterocycles. The number of rotatable bonds is 18. The third-order valence-electron chi connectivity index (χ3n) is 13.6. The highest BCUT2D eigenvalue weighted by Gasteiger charge is 2.39. The molecule has 23 heteroatoms. The lowest BCUT2D eigenvalue weighted by Crippen LogP contribution is -2.61. The fourth-order valence-electron chi connectivity index (χ4n) is 9.70. The number of benzene rings is 3. The molecule has 0 bridgehead atoms. The molecule has 1 saturated heterocycles. The SMILES string of the molecule is C[C@@H](OC(C)(C)C)[C@@H]1NC(=O)[C@H](CCCCNC(=O)OC(C)(C)C)NC(=O)C(CC2=CCc3ccccc32)NC(=O)[C@H](Cc2ccc(OC(C)(C)C)cc2)CC(=O)[C@@H](NC(=O)[C@@H](Cc2ccccc2)NC(=O)OC(C)(C)C)CSSCC(C(=O)O)NC1=O. The number of hydrogen-bond donors (Lipinski definition) is 8. The van der Waals surface area contributed by atoms with E-state index in [0.29, 0.717) is 29.7 Å². The fourth-order valence-corrected chi connectivity index (χ4v) is 12.1. The Kier molecular flexibility index (Phi) is 26.4. The lowest BCUT2D eigenvalue weighted by molar-refractivity contribution is -0.144. The number of carboxylic acid groups (broad SMARTS) is 1. The number of amides is 7. The van der Waals surface area contributed by atoms with E-state index in [0.717, 1.165) is 38.3 Å². The zero-order chi connectivity index (χ0) is 65.1. The summed E-state index contributed by atoms with van der Waals surface area (Å²) in [6, 6.07) is 15.1. The number of aliphatic carboxylic acids is 1. The number of alkyl carbamates (subject to hydrolysis) is 2. The van der Waals surface area contributed by atoms with E-state index < -0.39 is 131 Å². The molecule has 0 aromatic heterocycles. The van der Waals surface area contributed by atoms with Crippen molar-refractivity contribution in [2.45, 2.75) is 206 Å². The Morgan fingerprint density at radius 1 is 0.648 bits per heavy atom. The minimum absolute atomic E-state index is 0.00789. The minimum Gasteiger partial charge on any atom is -0.488 e. The number of ether oxygens (including phenoxy) is 4. The summed E-state index contributed by atoms with van der Waals surface area (Å²) in [6.45, 7) is 22.8. The zero-order valence-electron chi connectivity index (χ0n) is 53.1. The van der Waals surface area contributed by atoms with E-state index in [4.69, 9.17) is 18.9 Å². The lowest BCUT2D eigenvalue weighted by atomic mass is 9.90. The van der Waals surface area contributed by atoms with Crippen LogP contribution in [0.25, 0.3) is 5.57 Å². The summed E-state index contributed by atoms with van der Waals surface area (Å²) >= 11 is 0. The van der Waals surface area contributed by atoms with Crippen LogP contribution < -0.4 is 42.0 Å². The van der Waals surface area contributed by atoms with Gasteiger partial charge in [-0.1, -0.05) is 94.4 Å². The van der Waals surface area contributed by atoms with Crippen LogP contribution in [0.4, 0.5) is 9.59 Å². The third-order valence-corrected chi connectivity index (χ3v) is 16.0. The van der Waals surface area contributed by atoms with Crippen molar-refractivity contribution < 1.29 is 67.2 Å². The van der Waals surface area contributed by atoms with Gasteiger partial charge >= 0.3 is 18.2 Å². The summed E-state index contributed by atoms with van der Waals surface area (Å²) in [5.41, 5.74) is 0.820. The van der Waals surface area contributed by atoms with Gasteiger partial charge in [-0.25, -0.2) is 14.4 Å². The molecule has 2 aliphatic rings. The molecule has 0 spiro atoms. The largest absolute Gasteiger partial charge is 0.488 e. The monoisotopic (exact) mass is 1260 g/mol. The van der Waals surface area contributed by atoms with Crippen LogP contribution >= 0.6 is 21.6 Å². The lowest BCUT2D eigenvalue weighted by Gasteiger charge is -2.32. The number of fused-ring (bicyclic) bond motifs is 1. The molecule has 8 atom stereocenters. The number of ketones is 1. The first-order valence-corrected chi connectivity index (χ1v) is 32.4. The smallest absolute Gasteiger partial charge is 0.408 e. The van der Waals surface area contributed by atoms with Crippen molar-refractivity contribution in [3.8, 4) is 5.75 Å². The Bertz CT molecular complexity index is 2930. The molecular weight excluding hydrogens is 1170 g/mol. The van der Waals surface area contributed by atoms with Crippen molar-refractivity contribution in [1.82, 2.24) is 37.2 Å². The van der Waals surface area contributed by atoms with Crippen molar-refractivity contribution in [1.29, 1.82) is 0 Å². The average Bonchev–Trinajstić information content (AvgIpc) is 2.99. The van der Waals surface area contributed by atoms with Gasteiger partial charge in [0.25, 0.3) is 0 Å². The van der Waals surface area contributed by atoms with Crippen LogP contribution in [0.5, 0.6) is 5.75 Å². The highest BCUT2D eigenvalue weighted by atomic mass is 33.1. The molecule has 0 radical (unpaired) electrons. The Morgan fingerprint density at radius 2 is 1.26 bits per heavy atom. The molecule has 1 heterocycles. The first-order valence-electron chi connectivity index (χ1n) is 29.9. The molecule has 1 fully saturated rings. The standard InChI is InChI=1S/C65H91N7O14S2/c1-39(83-62(2,3)4)53-58(78)70-51(59(79)80)38-88-87-37-50(69-56(76)48(34-40-21-15-14-16-22-40)71-61(82)86-65(11,12)13)52(73)36-44(33-41-26-30-45(31-27-41)84-63(5,6)7)54(74)68-49(35-43-29-28-42-23-17-18-24-46(42)43)57(77)67-47(55(75)72-53)25-19-20-32-66-60(81)85-64(8,9)10/h14-18,21-24,26-27,29-31,39,44,47-51,53H,19-20,25,28,32-38H2,1-13H3,(H,66,81)(H,67,77)(H,68,74)(H,69,76)(H,70,78)(H,71,82)(H,72,75)(H,79,80)/t39-,44-,47+,48-,49?,50+,51?,53+/m1/s1. The molecule has 5 rings (SSSR count). The van der Waals surface area contributed by atoms with Crippen LogP contribution in [0.15, 0.2) is 84.9 Å². The Morgan fingerprint density at radius 3 is 1.90 bits per heavy atom. The summed E-state index contributed by atoms with van der Waals surface area (Å²) in [5, 5.41) is 29.9. The quantitative estimate of drug-likeness (QED) is 0.0443. The first-order chi connectivity index (χ1) is 41.1. The first kappa shape index (κ1) is 71.6. The molecular formula is C65H91N7O14S2. The molecule has 482 valence electrons. The summed E-state index contributed by atoms with van der Waals surface area (Å²) in [5.74, 6) is -7.08. The topological polar surface area (TPSA) is 295 Å². The van der Waals surface area contributed by atoms with Crippen molar-refractivity contribution in [2.75, 3.05) is 18.1 Å². The van der Waals surface area contributed by atoms with E-state index in [1.807, 2.05) is 51.1 Å². The zero-order valence-corrected chi connectivity index (χ0v) is 54.7. The molecule has 1 aliphatic carbocycles. The van der Waals surface area contributed by atoms with Crippen molar-refractivity contribution >= 4 is 80.6 Å². The van der Waals surface area contributed by atoms with Gasteiger partial charge in [-0.05, 0) is 162 Å². The summed E-state index contributed by atoms with van der Waals surface area (Å²) in [4.78, 5) is 129. The van der Waals surface area contributed by atoms with E-state index in [1.54, 1.807) is 124 Å². The van der Waals surface area contributed by atoms with Gasteiger partial charge in [-0.3, -0.25) is 28.8 Å². The van der Waals surface area contributed by atoms with Gasteiger partial charge in [0.15, 0.2) is 5.78 Å². The number of unbranched alkanes of at least 4 members (excludes halogenated alkanes) is 1. The summed E-state index contributed by atoms with van der Waals surface area (Å²) in [7, 11) is 2.02. The van der Waals surface area contributed by atoms with E-state index >= 15 is 14.4 Å². The minimum atomic E-state index is -1.56. The van der Waals surface area contributed by atoms with Gasteiger partial charge in [-0.15, -0.1) is 0 Å². The summed E-state index contributed by atoms with van der Waals surface area (Å²) < 4.78 is 23.2. The van der Waals surface area contributed by atoms with Crippen LogP contribution in [-0.4, -0.2) is 141 Å². The molecule has 21 nitrogen and oxygen atoms in total. The number of nitrogens with one attached hydrogen (secondary N) is 7. The second-order valence-electron chi connectivity index (χ2n) is 26.1. The Hall–Kier alpha value is -7.11. The van der Waals surface area contributed by atoms with Crippen molar-refractivity contribution in [2.24, 2.45) is 5.92 Å². The van der Waals surface area contributed by atoms with Crippen LogP contribution in [0.3, 0.4) is 0 Å². The Balaban J connectivity index is 1.63. The molecule has 0 saturated carbocycles. The number of carbonyl (C=O) groups is 9. The number of allylic oxidation sites excluding steroid dienone is 1. The Labute approximate surface area is 525 Å². The number of carbonyl (C=O) groups excluding carboxylic acids is 8. The molecule has 2 unspecified atom stereocenters. The normalized spacial score (nSPS) is 21.1. The van der Waals surface area contributed by atoms with Crippen molar-refractivity contribution in [3.05, 3.63) is 107 Å². The number of hydrogen-bond acceptors (Lipinski definition) is 15. The van der Waals surface area contributed by atoms with Crippen molar-refractivity contribution in [3.63, 3.8) is 0 Å². The van der Waals surface area contributed by atoms with Crippen LogP contribution in [0, 0.1) is 5.92 Å². The second kappa shape index (κ2) is 32.4. The molecule has 3 aromatic carbocycles. The van der Waals surface area contributed by atoms with Gasteiger partial charge in [0.2, 0.25) is 29.5 Å². The molecule has 88 heavy (non-hydrogen) atoms. The van der Waals surface area contributed by atoms with E-state index in [-0.39, 0.29) is 50.2 Å². The molecule has 7 amide bonds. The van der Waals surface area contributed by atoms with Crippen LogP contribution in [0.2, 0.25) is 0 Å². The molecule has 8 N–H and O–H groups in total. The fraction of sp³-hybridized carbons (Fsp3) is 0.554. The summed E-state index contributed by atoms with van der Waals surface area (Å²) in [6.07, 6.45) is -0.151. The maximum atomic E-state index is 15.4. The van der Waals surface area contributed by atoms with Crippen LogP contribution in [0.1, 0.15) is 144 Å². The second-order valence-corrected chi connectivity index (χ2v) is 28.7. The molecule has 3 aromatic rings. The number of carboxylic acids is 1. The van der Waals surface area contributed by atoms with E-state index in [9.17, 15) is 33.9 Å². The van der Waals surface area contributed by atoms with E-state index in [2.05, 4.69) is 37.2 Å². The number of Topliss-reactive ketones (excluding diaryl/α,β-unsaturated/α-hetero) is 1. The third kappa shape index (κ3) is 25.2. The van der Waals surface area contributed by atoms with Gasteiger partial charge in [0.05, 0.1) is 17.7 Å². The predicted molar refractivity (Wildman–Crippen MR) is 340 cm³/mol. The van der Waals surface area contributed by atoms with E-state index in [1.165, 1.54) is 0 Å². The van der Waals surface area contributed by atoms with Gasteiger partial charge in [0.1, 0.15) is 52.8 Å². The van der Waals surface area contributed by atoms with Gasteiger partial charge < -0.3 is 61.3 Å². The highest BCUT2D eigenvalue weighted by molar-refractivity contribution is 8.76. The average molecular weight is 1260 g/mol. The van der Waals surface area contributed by atoms with Gasteiger partial charge in [0, 0.05) is 43.2 Å².